The summed E-state index contributed by atoms with van der Waals surface area (Å²) in [6.07, 6.45) is -5.26. The summed E-state index contributed by atoms with van der Waals surface area (Å²) in [7, 11) is -4.23. The van der Waals surface area contributed by atoms with Gasteiger partial charge in [-0.25, -0.2) is 13.6 Å². The summed E-state index contributed by atoms with van der Waals surface area (Å²) in [6.45, 7) is 0.142. The number of ether oxygens (including phenoxy) is 1. The van der Waals surface area contributed by atoms with Crippen LogP contribution in [0.5, 0.6) is 0 Å². The highest BCUT2D eigenvalue weighted by Crippen LogP contribution is 2.46. The number of carbonyl (C=O) groups excluding carboxylic acids is 2. The number of halogens is 3. The number of non-ortho nitro benzene ring substituents is 1. The molecule has 166 valence electrons. The maximum atomic E-state index is 13.1. The van der Waals surface area contributed by atoms with Crippen LogP contribution in [-0.2, 0) is 24.3 Å². The molecule has 10 nitrogen and oxygen atoms in total. The highest BCUT2D eigenvalue weighted by Gasteiger charge is 2.48. The van der Waals surface area contributed by atoms with E-state index in [0.717, 1.165) is 31.2 Å². The van der Waals surface area contributed by atoms with Crippen LogP contribution < -0.4 is 10.0 Å². The van der Waals surface area contributed by atoms with Crippen molar-refractivity contribution in [2.75, 3.05) is 18.1 Å². The molecular weight excluding hydrogens is 447 g/mol. The van der Waals surface area contributed by atoms with E-state index in [0.29, 0.717) is 4.90 Å². The summed E-state index contributed by atoms with van der Waals surface area (Å²) in [5, 5.41) is 16.5. The van der Waals surface area contributed by atoms with Crippen LogP contribution in [-0.4, -0.2) is 44.5 Å². The zero-order chi connectivity index (χ0) is 23.3. The topological polar surface area (TPSA) is 150 Å². The number of nitro groups is 1. The van der Waals surface area contributed by atoms with Gasteiger partial charge in [0.05, 0.1) is 27.5 Å². The number of carbonyl (C=O) groups is 2. The van der Waals surface area contributed by atoms with Crippen LogP contribution in [0.1, 0.15) is 18.4 Å². The third-order valence-corrected chi connectivity index (χ3v) is 5.62. The molecule has 31 heavy (non-hydrogen) atoms. The van der Waals surface area contributed by atoms with Gasteiger partial charge in [-0.1, -0.05) is 6.07 Å². The second-order valence-corrected chi connectivity index (χ2v) is 8.31. The molecule has 0 saturated heterocycles. The summed E-state index contributed by atoms with van der Waals surface area (Å²) in [4.78, 5) is 33.7. The molecule has 3 rings (SSSR count). The molecule has 1 amide bonds. The number of benzene rings is 2. The standard InChI is InChI=1S/C17H14F3N3O7S/c1-8(24)30-7-9-6-22(16(25)17(18,19)20)14-5-13(23(26)27)12-4-10(31(21,28)29)2-3-11(12)15(9)14/h2-5,9H,6-7H2,1H3,(H2,21,28,29). The molecule has 0 aromatic heterocycles. The van der Waals surface area contributed by atoms with Gasteiger partial charge >= 0.3 is 18.1 Å². The van der Waals surface area contributed by atoms with Gasteiger partial charge in [0.15, 0.2) is 0 Å². The molecule has 0 radical (unpaired) electrons. The Morgan fingerprint density at radius 2 is 1.94 bits per heavy atom. The van der Waals surface area contributed by atoms with E-state index in [-0.39, 0.29) is 22.0 Å². The van der Waals surface area contributed by atoms with E-state index in [1.807, 2.05) is 0 Å². The highest BCUT2D eigenvalue weighted by atomic mass is 32.2. The number of esters is 1. The van der Waals surface area contributed by atoms with Crippen molar-refractivity contribution < 1.29 is 40.8 Å². The minimum atomic E-state index is -5.26. The molecule has 0 aliphatic carbocycles. The molecule has 2 aromatic rings. The quantitative estimate of drug-likeness (QED) is 0.415. The number of alkyl halides is 3. The first-order valence-electron chi connectivity index (χ1n) is 8.51. The molecular formula is C17H14F3N3O7S. The van der Waals surface area contributed by atoms with Crippen molar-refractivity contribution in [3.8, 4) is 0 Å². The number of nitrogens with zero attached hydrogens (tertiary/aromatic N) is 2. The number of anilines is 1. The summed E-state index contributed by atoms with van der Waals surface area (Å²) in [6, 6.07) is 3.89. The van der Waals surface area contributed by atoms with Crippen LogP contribution in [0, 0.1) is 10.1 Å². The Hall–Kier alpha value is -3.26. The minimum Gasteiger partial charge on any atom is -0.465 e. The van der Waals surface area contributed by atoms with Crippen LogP contribution in [0.4, 0.5) is 24.5 Å². The van der Waals surface area contributed by atoms with Gasteiger partial charge in [-0.15, -0.1) is 0 Å². The fraction of sp³-hybridized carbons (Fsp3) is 0.294. The molecule has 1 unspecified atom stereocenters. The molecule has 0 bridgehead atoms. The number of primary sulfonamides is 1. The first-order chi connectivity index (χ1) is 14.2. The molecule has 2 N–H and O–H groups in total. The van der Waals surface area contributed by atoms with Crippen LogP contribution in [0.25, 0.3) is 10.8 Å². The monoisotopic (exact) mass is 461 g/mol. The van der Waals surface area contributed by atoms with E-state index >= 15 is 0 Å². The maximum Gasteiger partial charge on any atom is 0.471 e. The van der Waals surface area contributed by atoms with Gasteiger partial charge < -0.3 is 9.64 Å². The van der Waals surface area contributed by atoms with E-state index in [2.05, 4.69) is 0 Å². The summed E-state index contributed by atoms with van der Waals surface area (Å²) in [5.74, 6) is -3.90. The van der Waals surface area contributed by atoms with Gasteiger partial charge in [0.1, 0.15) is 0 Å². The average Bonchev–Trinajstić information content (AvgIpc) is 3.01. The number of fused-ring (bicyclic) bond motifs is 3. The van der Waals surface area contributed by atoms with Crippen molar-refractivity contribution in [2.45, 2.75) is 23.9 Å². The Balaban J connectivity index is 2.33. The largest absolute Gasteiger partial charge is 0.471 e. The second kappa shape index (κ2) is 7.46. The lowest BCUT2D eigenvalue weighted by Crippen LogP contribution is -2.40. The lowest BCUT2D eigenvalue weighted by Gasteiger charge is -2.19. The summed E-state index contributed by atoms with van der Waals surface area (Å²) >= 11 is 0. The van der Waals surface area contributed by atoms with Crippen LogP contribution in [0.3, 0.4) is 0 Å². The third-order valence-electron chi connectivity index (χ3n) is 4.71. The predicted molar refractivity (Wildman–Crippen MR) is 99.8 cm³/mol. The Labute approximate surface area is 172 Å². The highest BCUT2D eigenvalue weighted by molar-refractivity contribution is 7.89. The van der Waals surface area contributed by atoms with Crippen LogP contribution >= 0.6 is 0 Å². The fourth-order valence-electron chi connectivity index (χ4n) is 3.48. The van der Waals surface area contributed by atoms with E-state index in [9.17, 15) is 41.3 Å². The van der Waals surface area contributed by atoms with Gasteiger partial charge in [-0.3, -0.25) is 19.7 Å². The van der Waals surface area contributed by atoms with Crippen molar-refractivity contribution in [3.63, 3.8) is 0 Å². The van der Waals surface area contributed by atoms with E-state index in [1.165, 1.54) is 0 Å². The lowest BCUT2D eigenvalue weighted by atomic mass is 9.94. The van der Waals surface area contributed by atoms with Gasteiger partial charge in [0, 0.05) is 25.5 Å². The molecule has 2 aromatic carbocycles. The number of amides is 1. The molecule has 1 aliphatic rings. The smallest absolute Gasteiger partial charge is 0.465 e. The third kappa shape index (κ3) is 4.16. The van der Waals surface area contributed by atoms with Crippen molar-refractivity contribution in [3.05, 3.63) is 39.9 Å². The molecule has 0 fully saturated rings. The van der Waals surface area contributed by atoms with Crippen molar-refractivity contribution in [1.82, 2.24) is 0 Å². The van der Waals surface area contributed by atoms with E-state index in [1.54, 1.807) is 0 Å². The molecule has 1 heterocycles. The van der Waals surface area contributed by atoms with Crippen molar-refractivity contribution >= 4 is 44.0 Å². The Bertz CT molecular complexity index is 1230. The van der Waals surface area contributed by atoms with Crippen LogP contribution in [0.2, 0.25) is 0 Å². The van der Waals surface area contributed by atoms with Gasteiger partial charge in [0.2, 0.25) is 10.0 Å². The number of hydrogen-bond donors (Lipinski definition) is 1. The number of sulfonamides is 1. The molecule has 0 spiro atoms. The first kappa shape index (κ1) is 22.4. The van der Waals surface area contributed by atoms with Crippen LogP contribution in [0.15, 0.2) is 29.2 Å². The number of nitro benzene ring substituents is 1. The van der Waals surface area contributed by atoms with E-state index < -0.39 is 62.7 Å². The Morgan fingerprint density at radius 3 is 2.45 bits per heavy atom. The molecule has 0 saturated carbocycles. The van der Waals surface area contributed by atoms with Crippen molar-refractivity contribution in [2.24, 2.45) is 5.14 Å². The zero-order valence-electron chi connectivity index (χ0n) is 15.7. The first-order valence-corrected chi connectivity index (χ1v) is 10.1. The second-order valence-electron chi connectivity index (χ2n) is 6.75. The normalized spacial score (nSPS) is 16.3. The predicted octanol–water partition coefficient (Wildman–Crippen LogP) is 1.95. The van der Waals surface area contributed by atoms with Gasteiger partial charge in [-0.2, -0.15) is 13.2 Å². The lowest BCUT2D eigenvalue weighted by molar-refractivity contribution is -0.383. The van der Waals surface area contributed by atoms with Crippen molar-refractivity contribution in [1.29, 1.82) is 0 Å². The average molecular weight is 461 g/mol. The Morgan fingerprint density at radius 1 is 1.29 bits per heavy atom. The molecule has 1 aliphatic heterocycles. The minimum absolute atomic E-state index is 0.0335. The zero-order valence-corrected chi connectivity index (χ0v) is 16.5. The SMILES string of the molecule is CC(=O)OCC1CN(C(=O)C(F)(F)F)c2cc([N+](=O)[O-])c3cc(S(N)(=O)=O)ccc3c21. The number of hydrogen-bond acceptors (Lipinski definition) is 7. The Kier molecular flexibility index (Phi) is 5.40. The van der Waals surface area contributed by atoms with Gasteiger partial charge in [-0.05, 0) is 23.1 Å². The maximum absolute atomic E-state index is 13.1. The van der Waals surface area contributed by atoms with E-state index in [4.69, 9.17) is 9.88 Å². The van der Waals surface area contributed by atoms with Gasteiger partial charge in [0.25, 0.3) is 5.69 Å². The number of rotatable bonds is 4. The number of nitrogens with two attached hydrogens (primary N) is 1. The fourth-order valence-corrected chi connectivity index (χ4v) is 4.02. The summed E-state index contributed by atoms with van der Waals surface area (Å²) < 4.78 is 67.5. The molecule has 14 heteroatoms. The molecule has 1 atom stereocenters. The summed E-state index contributed by atoms with van der Waals surface area (Å²) in [5.41, 5.74) is -1.00.